The summed E-state index contributed by atoms with van der Waals surface area (Å²) >= 11 is 0. The first-order valence-electron chi connectivity index (χ1n) is 14.7. The molecule has 46 heavy (non-hydrogen) atoms. The first-order valence-corrected chi connectivity index (χ1v) is 14.7. The molecule has 242 valence electrons. The quantitative estimate of drug-likeness (QED) is 0.239. The van der Waals surface area contributed by atoms with E-state index in [0.29, 0.717) is 56.0 Å². The van der Waals surface area contributed by atoms with Gasteiger partial charge in [0.2, 0.25) is 12.0 Å². The van der Waals surface area contributed by atoms with Crippen LogP contribution in [0.5, 0.6) is 5.88 Å². The minimum atomic E-state index is -4.88. The van der Waals surface area contributed by atoms with E-state index < -0.39 is 35.9 Å². The van der Waals surface area contributed by atoms with Crippen molar-refractivity contribution in [2.24, 2.45) is 5.41 Å². The second-order valence-electron chi connectivity index (χ2n) is 11.9. The molecule has 0 radical (unpaired) electrons. The van der Waals surface area contributed by atoms with Crippen LogP contribution in [0.4, 0.5) is 27.8 Å². The van der Waals surface area contributed by atoms with Gasteiger partial charge in [0.05, 0.1) is 11.4 Å². The lowest BCUT2D eigenvalue weighted by Gasteiger charge is -2.39. The van der Waals surface area contributed by atoms with E-state index in [1.165, 1.54) is 41.2 Å². The maximum Gasteiger partial charge on any atom is 0.429 e. The number of halogens is 5. The fourth-order valence-electron chi connectivity index (χ4n) is 6.23. The highest BCUT2D eigenvalue weighted by molar-refractivity contribution is 5.74. The molecule has 2 saturated heterocycles. The Hall–Kier alpha value is -4.59. The molecule has 9 nitrogen and oxygen atoms in total. The predicted molar refractivity (Wildman–Crippen MR) is 158 cm³/mol. The molecule has 2 N–H and O–H groups in total. The topological polar surface area (TPSA) is 105 Å². The van der Waals surface area contributed by atoms with Crippen molar-refractivity contribution in [2.45, 2.75) is 51.4 Å². The standard InChI is InChI=1S/C32H31F5N6O3/c1-18-7-10-43(41-18)26-14-21(20-4-6-23(33)24(34)13-20)3-5-22(26)29(32(35,36)37)46-28-15-27(39-19(2)40-28)42-11-8-31(9-12-42)16-25(30(44)45)38-17-31/h3-7,10,13-15,25,29,38H,8-9,11-12,16-17H2,1-2H3,(H,44,45)/t25?,29-/m1/s1. The van der Waals surface area contributed by atoms with Crippen molar-refractivity contribution in [3.63, 3.8) is 0 Å². The molecule has 1 spiro atoms. The lowest BCUT2D eigenvalue weighted by molar-refractivity contribution is -0.198. The van der Waals surface area contributed by atoms with Crippen LogP contribution in [-0.4, -0.2) is 62.7 Å². The molecule has 0 amide bonds. The fraction of sp³-hybridized carbons (Fsp3) is 0.375. The van der Waals surface area contributed by atoms with Crippen molar-refractivity contribution in [3.05, 3.63) is 83.4 Å². The summed E-state index contributed by atoms with van der Waals surface area (Å²) in [6, 6.07) is 9.72. The third-order valence-corrected chi connectivity index (χ3v) is 8.68. The number of carboxylic acid groups (broad SMARTS) is 1. The average molecular weight is 643 g/mol. The van der Waals surface area contributed by atoms with Crippen LogP contribution in [-0.2, 0) is 4.79 Å². The Kier molecular flexibility index (Phi) is 8.17. The van der Waals surface area contributed by atoms with Crippen LogP contribution in [0, 0.1) is 30.9 Å². The zero-order valence-corrected chi connectivity index (χ0v) is 25.0. The number of ether oxygens (including phenoxy) is 1. The van der Waals surface area contributed by atoms with Crippen molar-refractivity contribution in [1.29, 1.82) is 0 Å². The summed E-state index contributed by atoms with van der Waals surface area (Å²) in [6.45, 7) is 4.93. The van der Waals surface area contributed by atoms with Gasteiger partial charge in [-0.15, -0.1) is 0 Å². The molecule has 2 atom stereocenters. The molecule has 2 aromatic carbocycles. The van der Waals surface area contributed by atoms with Gasteiger partial charge >= 0.3 is 12.1 Å². The lowest BCUT2D eigenvalue weighted by atomic mass is 9.76. The van der Waals surface area contributed by atoms with E-state index in [-0.39, 0.29) is 33.9 Å². The second-order valence-corrected chi connectivity index (χ2v) is 11.9. The first kappa shape index (κ1) is 31.4. The first-order chi connectivity index (χ1) is 21.8. The summed E-state index contributed by atoms with van der Waals surface area (Å²) in [4.78, 5) is 22.0. The minimum Gasteiger partial charge on any atom is -0.480 e. The van der Waals surface area contributed by atoms with Crippen LogP contribution >= 0.6 is 0 Å². The van der Waals surface area contributed by atoms with Crippen LogP contribution in [0.1, 0.15) is 42.4 Å². The summed E-state index contributed by atoms with van der Waals surface area (Å²) in [5, 5.41) is 16.8. The number of nitrogens with zero attached hydrogens (tertiary/aromatic N) is 5. The van der Waals surface area contributed by atoms with Gasteiger partial charge in [-0.3, -0.25) is 4.79 Å². The normalized spacial score (nSPS) is 18.6. The number of hydrogen-bond acceptors (Lipinski definition) is 7. The average Bonchev–Trinajstić information content (AvgIpc) is 3.63. The molecule has 14 heteroatoms. The molecule has 2 aliphatic heterocycles. The molecular weight excluding hydrogens is 611 g/mol. The van der Waals surface area contributed by atoms with E-state index in [1.54, 1.807) is 19.9 Å². The van der Waals surface area contributed by atoms with Gasteiger partial charge in [-0.1, -0.05) is 18.2 Å². The number of nitrogens with one attached hydrogen (secondary N) is 1. The molecule has 2 fully saturated rings. The molecule has 1 unspecified atom stereocenters. The van der Waals surface area contributed by atoms with Gasteiger partial charge in [-0.05, 0) is 73.9 Å². The third-order valence-electron chi connectivity index (χ3n) is 8.68. The Balaban J connectivity index is 1.31. The zero-order chi connectivity index (χ0) is 32.8. The molecule has 4 heterocycles. The summed E-state index contributed by atoms with van der Waals surface area (Å²) in [5.74, 6) is -2.64. The summed E-state index contributed by atoms with van der Waals surface area (Å²) in [5.41, 5.74) is 0.791. The number of alkyl halides is 3. The summed E-state index contributed by atoms with van der Waals surface area (Å²) in [6.07, 6.45) is -3.92. The van der Waals surface area contributed by atoms with E-state index in [4.69, 9.17) is 4.74 Å². The van der Waals surface area contributed by atoms with Gasteiger partial charge in [0, 0.05) is 37.5 Å². The predicted octanol–water partition coefficient (Wildman–Crippen LogP) is 5.94. The van der Waals surface area contributed by atoms with Crippen molar-refractivity contribution in [3.8, 4) is 22.7 Å². The van der Waals surface area contributed by atoms with E-state index in [9.17, 15) is 31.9 Å². The highest BCUT2D eigenvalue weighted by Crippen LogP contribution is 2.42. The van der Waals surface area contributed by atoms with E-state index >= 15 is 0 Å². The lowest BCUT2D eigenvalue weighted by Crippen LogP contribution is -2.41. The second kappa shape index (κ2) is 12.0. The van der Waals surface area contributed by atoms with Crippen molar-refractivity contribution in [2.75, 3.05) is 24.5 Å². The number of aliphatic carboxylic acids is 1. The number of aromatic nitrogens is 4. The number of carbonyl (C=O) groups is 1. The Morgan fingerprint density at radius 3 is 2.37 bits per heavy atom. The monoisotopic (exact) mass is 642 g/mol. The summed E-state index contributed by atoms with van der Waals surface area (Å²) in [7, 11) is 0. The number of benzene rings is 2. The van der Waals surface area contributed by atoms with Gasteiger partial charge < -0.3 is 20.1 Å². The van der Waals surface area contributed by atoms with Gasteiger partial charge in [0.15, 0.2) is 11.6 Å². The number of aryl methyl sites for hydroxylation is 2. The number of carboxylic acids is 1. The maximum absolute atomic E-state index is 14.8. The molecule has 0 bridgehead atoms. The third kappa shape index (κ3) is 6.39. The Morgan fingerprint density at radius 1 is 1.02 bits per heavy atom. The largest absolute Gasteiger partial charge is 0.480 e. The van der Waals surface area contributed by atoms with E-state index in [1.807, 2.05) is 4.90 Å². The molecule has 0 aliphatic carbocycles. The number of anilines is 1. The van der Waals surface area contributed by atoms with Crippen molar-refractivity contribution in [1.82, 2.24) is 25.1 Å². The SMILES string of the molecule is Cc1ccn(-c2cc(-c3ccc(F)c(F)c3)ccc2[C@@H](Oc2cc(N3CCC4(CC3)CNC(C(=O)O)C4)nc(C)n2)C(F)(F)F)n1. The van der Waals surface area contributed by atoms with Crippen LogP contribution in [0.25, 0.3) is 16.8 Å². The highest BCUT2D eigenvalue weighted by Gasteiger charge is 2.46. The number of rotatable bonds is 7. The van der Waals surface area contributed by atoms with Gasteiger partial charge in [-0.25, -0.2) is 18.4 Å². The fourth-order valence-corrected chi connectivity index (χ4v) is 6.23. The van der Waals surface area contributed by atoms with Crippen LogP contribution in [0.2, 0.25) is 0 Å². The number of piperidine rings is 1. The highest BCUT2D eigenvalue weighted by atomic mass is 19.4. The molecule has 4 aromatic rings. The van der Waals surface area contributed by atoms with E-state index in [2.05, 4.69) is 20.4 Å². The Labute approximate surface area is 261 Å². The van der Waals surface area contributed by atoms with Gasteiger partial charge in [0.25, 0.3) is 0 Å². The molecule has 2 aromatic heterocycles. The maximum atomic E-state index is 14.8. The Bertz CT molecular complexity index is 1770. The van der Waals surface area contributed by atoms with Crippen LogP contribution < -0.4 is 15.0 Å². The van der Waals surface area contributed by atoms with Crippen molar-refractivity contribution < 1.29 is 36.6 Å². The van der Waals surface area contributed by atoms with Crippen LogP contribution in [0.3, 0.4) is 0 Å². The van der Waals surface area contributed by atoms with Crippen molar-refractivity contribution >= 4 is 11.8 Å². The Morgan fingerprint density at radius 2 is 1.74 bits per heavy atom. The minimum absolute atomic E-state index is 0.0369. The number of hydrogen-bond donors (Lipinski definition) is 2. The van der Waals surface area contributed by atoms with Crippen LogP contribution in [0.15, 0.2) is 54.7 Å². The summed E-state index contributed by atoms with van der Waals surface area (Å²) < 4.78 is 78.9. The smallest absolute Gasteiger partial charge is 0.429 e. The molecular formula is C32H31F5N6O3. The molecule has 0 saturated carbocycles. The van der Waals surface area contributed by atoms with Gasteiger partial charge in [-0.2, -0.15) is 23.3 Å². The van der Waals surface area contributed by atoms with Gasteiger partial charge in [0.1, 0.15) is 17.7 Å². The molecule has 2 aliphatic rings. The van der Waals surface area contributed by atoms with E-state index in [0.717, 1.165) is 12.1 Å². The zero-order valence-electron chi connectivity index (χ0n) is 25.0. The molecule has 6 rings (SSSR count).